The van der Waals surface area contributed by atoms with Crippen LogP contribution in [0.4, 0.5) is 0 Å². The van der Waals surface area contributed by atoms with E-state index in [1.54, 1.807) is 6.20 Å². The van der Waals surface area contributed by atoms with Crippen molar-refractivity contribution in [2.24, 2.45) is 0 Å². The molecule has 0 unspecified atom stereocenters. The lowest BCUT2D eigenvalue weighted by Gasteiger charge is -2.32. The molecule has 1 aromatic heterocycles. The second kappa shape index (κ2) is 4.09. The summed E-state index contributed by atoms with van der Waals surface area (Å²) in [6.07, 6.45) is 9.88. The standard InChI is InChI=1S/C12H17NO/c14-12(6-2-1-3-7-12)9-11-5-4-8-13-10-11/h4-5,8,10,14H,1-3,6-7,9H2. The van der Waals surface area contributed by atoms with Crippen molar-refractivity contribution in [2.45, 2.75) is 44.1 Å². The molecule has 76 valence electrons. The highest BCUT2D eigenvalue weighted by molar-refractivity contribution is 5.12. The van der Waals surface area contributed by atoms with E-state index >= 15 is 0 Å². The molecule has 0 aliphatic heterocycles. The Balaban J connectivity index is 2.02. The molecule has 0 bridgehead atoms. The van der Waals surface area contributed by atoms with Gasteiger partial charge in [0.15, 0.2) is 0 Å². The van der Waals surface area contributed by atoms with Crippen molar-refractivity contribution in [1.29, 1.82) is 0 Å². The average molecular weight is 191 g/mol. The van der Waals surface area contributed by atoms with Crippen molar-refractivity contribution < 1.29 is 5.11 Å². The zero-order valence-corrected chi connectivity index (χ0v) is 8.45. The van der Waals surface area contributed by atoms with Gasteiger partial charge in [0.05, 0.1) is 5.60 Å². The summed E-state index contributed by atoms with van der Waals surface area (Å²) in [6.45, 7) is 0. The maximum Gasteiger partial charge on any atom is 0.0688 e. The van der Waals surface area contributed by atoms with Crippen molar-refractivity contribution in [3.05, 3.63) is 30.1 Å². The first kappa shape index (κ1) is 9.66. The minimum Gasteiger partial charge on any atom is -0.390 e. The molecular weight excluding hydrogens is 174 g/mol. The third-order valence-electron chi connectivity index (χ3n) is 3.04. The van der Waals surface area contributed by atoms with Crippen LogP contribution in [-0.2, 0) is 6.42 Å². The smallest absolute Gasteiger partial charge is 0.0688 e. The van der Waals surface area contributed by atoms with Crippen LogP contribution in [0.2, 0.25) is 0 Å². The molecule has 1 aliphatic carbocycles. The van der Waals surface area contributed by atoms with Crippen molar-refractivity contribution in [2.75, 3.05) is 0 Å². The summed E-state index contributed by atoms with van der Waals surface area (Å²) in [6, 6.07) is 3.97. The number of pyridine rings is 1. The number of hydrogen-bond acceptors (Lipinski definition) is 2. The molecule has 1 saturated carbocycles. The lowest BCUT2D eigenvalue weighted by Crippen LogP contribution is -2.33. The Morgan fingerprint density at radius 1 is 1.29 bits per heavy atom. The molecule has 0 amide bonds. The quantitative estimate of drug-likeness (QED) is 0.778. The van der Waals surface area contributed by atoms with Gasteiger partial charge in [-0.05, 0) is 24.5 Å². The summed E-state index contributed by atoms with van der Waals surface area (Å²) in [4.78, 5) is 4.07. The van der Waals surface area contributed by atoms with Crippen molar-refractivity contribution in [1.82, 2.24) is 4.98 Å². The van der Waals surface area contributed by atoms with E-state index in [-0.39, 0.29) is 0 Å². The van der Waals surface area contributed by atoms with Crippen molar-refractivity contribution in [3.63, 3.8) is 0 Å². The van der Waals surface area contributed by atoms with Crippen LogP contribution >= 0.6 is 0 Å². The highest BCUT2D eigenvalue weighted by Crippen LogP contribution is 2.30. The van der Waals surface area contributed by atoms with Crippen LogP contribution in [0.1, 0.15) is 37.7 Å². The van der Waals surface area contributed by atoms with Gasteiger partial charge in [-0.1, -0.05) is 25.3 Å². The summed E-state index contributed by atoms with van der Waals surface area (Å²) in [5.74, 6) is 0. The number of nitrogens with zero attached hydrogens (tertiary/aromatic N) is 1. The predicted molar refractivity (Wildman–Crippen MR) is 56.0 cm³/mol. The molecule has 0 aromatic carbocycles. The second-order valence-electron chi connectivity index (χ2n) is 4.32. The van der Waals surface area contributed by atoms with Crippen molar-refractivity contribution >= 4 is 0 Å². The topological polar surface area (TPSA) is 33.1 Å². The maximum atomic E-state index is 10.3. The fourth-order valence-electron chi connectivity index (χ4n) is 2.27. The third-order valence-corrected chi connectivity index (χ3v) is 3.04. The average Bonchev–Trinajstić information content (AvgIpc) is 2.19. The van der Waals surface area contributed by atoms with Crippen LogP contribution in [0, 0.1) is 0 Å². The van der Waals surface area contributed by atoms with E-state index in [0.29, 0.717) is 0 Å². The van der Waals surface area contributed by atoms with E-state index < -0.39 is 5.60 Å². The summed E-state index contributed by atoms with van der Waals surface area (Å²) in [5.41, 5.74) is 0.693. The largest absolute Gasteiger partial charge is 0.390 e. The summed E-state index contributed by atoms with van der Waals surface area (Å²) >= 11 is 0. The van der Waals surface area contributed by atoms with Crippen LogP contribution in [-0.4, -0.2) is 15.7 Å². The van der Waals surface area contributed by atoms with Crippen LogP contribution in [0.5, 0.6) is 0 Å². The van der Waals surface area contributed by atoms with Gasteiger partial charge in [-0.2, -0.15) is 0 Å². The van der Waals surface area contributed by atoms with Crippen LogP contribution in [0.15, 0.2) is 24.5 Å². The number of hydrogen-bond donors (Lipinski definition) is 1. The van der Waals surface area contributed by atoms with Gasteiger partial charge in [0, 0.05) is 18.8 Å². The predicted octanol–water partition coefficient (Wildman–Crippen LogP) is 2.32. The van der Waals surface area contributed by atoms with Gasteiger partial charge in [-0.15, -0.1) is 0 Å². The number of rotatable bonds is 2. The fourth-order valence-corrected chi connectivity index (χ4v) is 2.27. The minimum atomic E-state index is -0.457. The van der Waals surface area contributed by atoms with Gasteiger partial charge < -0.3 is 5.11 Å². The Bertz CT molecular complexity index is 278. The summed E-state index contributed by atoms with van der Waals surface area (Å²) in [7, 11) is 0. The minimum absolute atomic E-state index is 0.457. The normalized spacial score (nSPS) is 20.6. The lowest BCUT2D eigenvalue weighted by atomic mass is 9.81. The van der Waals surface area contributed by atoms with E-state index in [2.05, 4.69) is 4.98 Å². The molecule has 1 N–H and O–H groups in total. The molecule has 1 heterocycles. The van der Waals surface area contributed by atoms with E-state index in [4.69, 9.17) is 0 Å². The van der Waals surface area contributed by atoms with Crippen LogP contribution in [0.25, 0.3) is 0 Å². The van der Waals surface area contributed by atoms with Gasteiger partial charge in [0.25, 0.3) is 0 Å². The third kappa shape index (κ3) is 2.32. The molecule has 2 nitrogen and oxygen atoms in total. The van der Waals surface area contributed by atoms with E-state index in [9.17, 15) is 5.11 Å². The number of aliphatic hydroxyl groups is 1. The molecular formula is C12H17NO. The zero-order chi connectivity index (χ0) is 9.86. The molecule has 0 spiro atoms. The van der Waals surface area contributed by atoms with E-state index in [1.165, 1.54) is 6.42 Å². The summed E-state index contributed by atoms with van der Waals surface area (Å²) < 4.78 is 0. The van der Waals surface area contributed by atoms with Gasteiger partial charge in [0.2, 0.25) is 0 Å². The Morgan fingerprint density at radius 2 is 2.07 bits per heavy atom. The highest BCUT2D eigenvalue weighted by Gasteiger charge is 2.29. The zero-order valence-electron chi connectivity index (χ0n) is 8.45. The van der Waals surface area contributed by atoms with Gasteiger partial charge in [-0.3, -0.25) is 4.98 Å². The van der Waals surface area contributed by atoms with Gasteiger partial charge >= 0.3 is 0 Å². The molecule has 14 heavy (non-hydrogen) atoms. The molecule has 0 atom stereocenters. The first-order valence-electron chi connectivity index (χ1n) is 5.40. The molecule has 2 rings (SSSR count). The van der Waals surface area contributed by atoms with Gasteiger partial charge in [0.1, 0.15) is 0 Å². The Hall–Kier alpha value is -0.890. The van der Waals surface area contributed by atoms with Crippen LogP contribution < -0.4 is 0 Å². The first-order valence-corrected chi connectivity index (χ1v) is 5.40. The molecule has 2 heteroatoms. The van der Waals surface area contributed by atoms with Gasteiger partial charge in [-0.25, -0.2) is 0 Å². The van der Waals surface area contributed by atoms with Crippen LogP contribution in [0.3, 0.4) is 0 Å². The fraction of sp³-hybridized carbons (Fsp3) is 0.583. The molecule has 1 aliphatic rings. The Kier molecular flexibility index (Phi) is 2.82. The maximum absolute atomic E-state index is 10.3. The lowest BCUT2D eigenvalue weighted by molar-refractivity contribution is 0.00443. The SMILES string of the molecule is OC1(Cc2cccnc2)CCCCC1. The molecule has 0 saturated heterocycles. The number of aromatic nitrogens is 1. The monoisotopic (exact) mass is 191 g/mol. The molecule has 1 aromatic rings. The Morgan fingerprint density at radius 3 is 2.71 bits per heavy atom. The van der Waals surface area contributed by atoms with Crippen molar-refractivity contribution in [3.8, 4) is 0 Å². The molecule has 1 fully saturated rings. The van der Waals surface area contributed by atoms with E-state index in [0.717, 1.165) is 37.7 Å². The first-order chi connectivity index (χ1) is 6.79. The van der Waals surface area contributed by atoms with E-state index in [1.807, 2.05) is 18.3 Å². The highest BCUT2D eigenvalue weighted by atomic mass is 16.3. The second-order valence-corrected chi connectivity index (χ2v) is 4.32. The summed E-state index contributed by atoms with van der Waals surface area (Å²) in [5, 5.41) is 10.3. The molecule has 0 radical (unpaired) electrons. The Labute approximate surface area is 85.0 Å².